The van der Waals surface area contributed by atoms with E-state index in [1.165, 1.54) is 82.5 Å². The van der Waals surface area contributed by atoms with Crippen molar-refractivity contribution in [3.05, 3.63) is 229 Å². The number of para-hydroxylation sites is 2. The summed E-state index contributed by atoms with van der Waals surface area (Å²) in [5.74, 6) is 0. The van der Waals surface area contributed by atoms with Gasteiger partial charge in [-0.05, 0) is 138 Å². The van der Waals surface area contributed by atoms with Crippen molar-refractivity contribution < 1.29 is 0 Å². The van der Waals surface area contributed by atoms with Crippen LogP contribution in [0.1, 0.15) is 49.9 Å². The molecule has 0 aliphatic heterocycles. The van der Waals surface area contributed by atoms with Crippen molar-refractivity contribution >= 4 is 66.4 Å². The Morgan fingerprint density at radius 2 is 0.758 bits per heavy atom. The molecule has 0 amide bonds. The molecule has 0 spiro atoms. The Labute approximate surface area is 364 Å². The van der Waals surface area contributed by atoms with Gasteiger partial charge in [0, 0.05) is 44.7 Å². The molecule has 0 saturated carbocycles. The number of fused-ring (bicyclic) bond motifs is 11. The SMILES string of the molecule is CC1(C)c2ccccc2-c2ccc(N(c3ccccc3)c3ccc4c(ccc5c4ccc4cccc(N(c6ccccc6)c6ccc7c(c6)C(C)(C)c6ccccc6-7)c45)c3)cc21. The maximum Gasteiger partial charge on any atom is 0.0546 e. The summed E-state index contributed by atoms with van der Waals surface area (Å²) >= 11 is 0. The van der Waals surface area contributed by atoms with E-state index in [2.05, 4.69) is 244 Å². The van der Waals surface area contributed by atoms with E-state index in [-0.39, 0.29) is 10.8 Å². The first kappa shape index (κ1) is 36.4. The van der Waals surface area contributed by atoms with Gasteiger partial charge in [-0.15, -0.1) is 0 Å². The highest BCUT2D eigenvalue weighted by atomic mass is 15.1. The first-order valence-electron chi connectivity index (χ1n) is 21.8. The first-order valence-corrected chi connectivity index (χ1v) is 21.8. The van der Waals surface area contributed by atoms with Gasteiger partial charge in [0.25, 0.3) is 0 Å². The molecule has 2 aliphatic carbocycles. The highest BCUT2D eigenvalue weighted by Crippen LogP contribution is 2.53. The summed E-state index contributed by atoms with van der Waals surface area (Å²) < 4.78 is 0. The van der Waals surface area contributed by atoms with Gasteiger partial charge in [0.2, 0.25) is 0 Å². The van der Waals surface area contributed by atoms with Crippen LogP contribution in [-0.4, -0.2) is 0 Å². The third-order valence-electron chi connectivity index (χ3n) is 14.0. The van der Waals surface area contributed by atoms with Gasteiger partial charge in [-0.2, -0.15) is 0 Å². The molecular formula is C60H46N2. The van der Waals surface area contributed by atoms with Crippen LogP contribution in [0.4, 0.5) is 34.1 Å². The minimum atomic E-state index is -0.105. The lowest BCUT2D eigenvalue weighted by Crippen LogP contribution is -2.16. The van der Waals surface area contributed by atoms with Gasteiger partial charge in [-0.25, -0.2) is 0 Å². The molecule has 0 aromatic heterocycles. The molecule has 2 aliphatic rings. The van der Waals surface area contributed by atoms with E-state index in [0.29, 0.717) is 0 Å². The minimum absolute atomic E-state index is 0.0900. The molecule has 0 unspecified atom stereocenters. The molecule has 0 atom stereocenters. The predicted octanol–water partition coefficient (Wildman–Crippen LogP) is 16.7. The Bertz CT molecular complexity index is 3410. The maximum absolute atomic E-state index is 2.46. The topological polar surface area (TPSA) is 6.48 Å². The largest absolute Gasteiger partial charge is 0.310 e. The van der Waals surface area contributed by atoms with Crippen LogP contribution in [0.3, 0.4) is 0 Å². The van der Waals surface area contributed by atoms with Gasteiger partial charge in [-0.1, -0.05) is 167 Å². The molecule has 0 heterocycles. The van der Waals surface area contributed by atoms with Gasteiger partial charge in [0.05, 0.1) is 5.69 Å². The molecule has 0 bridgehead atoms. The fourth-order valence-corrected chi connectivity index (χ4v) is 10.9. The lowest BCUT2D eigenvalue weighted by molar-refractivity contribution is 0.660. The summed E-state index contributed by atoms with van der Waals surface area (Å²) in [6.45, 7) is 9.44. The number of hydrogen-bond acceptors (Lipinski definition) is 2. The molecule has 0 N–H and O–H groups in total. The van der Waals surface area contributed by atoms with Gasteiger partial charge < -0.3 is 9.80 Å². The van der Waals surface area contributed by atoms with Crippen LogP contribution in [0.25, 0.3) is 54.6 Å². The summed E-state index contributed by atoms with van der Waals surface area (Å²) in [4.78, 5) is 4.87. The molecule has 2 nitrogen and oxygen atoms in total. The van der Waals surface area contributed by atoms with E-state index < -0.39 is 0 Å². The third-order valence-corrected chi connectivity index (χ3v) is 14.0. The average molecular weight is 795 g/mol. The Balaban J connectivity index is 1.01. The Morgan fingerprint density at radius 1 is 0.290 bits per heavy atom. The standard InChI is InChI=1S/C60H46N2/c1-59(2)53-23-13-11-21-48(53)50-34-29-44(37-55(50)59)61(41-17-7-5-8-18-41)43-28-33-46-40(36-43)27-32-52-47(46)31-26-39-16-15-25-57(58(39)52)62(42-19-9-6-10-20-42)45-30-35-51-49-22-12-14-24-54(49)60(3,4)56(51)38-45/h5-38H,1-4H3. The lowest BCUT2D eigenvalue weighted by atomic mass is 9.82. The van der Waals surface area contributed by atoms with Crippen molar-refractivity contribution in [1.29, 1.82) is 0 Å². The minimum Gasteiger partial charge on any atom is -0.310 e. The number of anilines is 6. The Hall–Kier alpha value is -7.42. The van der Waals surface area contributed by atoms with Crippen LogP contribution in [0, 0.1) is 0 Å². The second kappa shape index (κ2) is 13.5. The second-order valence-electron chi connectivity index (χ2n) is 18.1. The summed E-state index contributed by atoms with van der Waals surface area (Å²) in [6.07, 6.45) is 0. The molecule has 10 aromatic carbocycles. The Kier molecular flexibility index (Phi) is 7.96. The van der Waals surface area contributed by atoms with Crippen LogP contribution in [0.2, 0.25) is 0 Å². The molecular weight excluding hydrogens is 749 g/mol. The highest BCUT2D eigenvalue weighted by Gasteiger charge is 2.37. The van der Waals surface area contributed by atoms with Gasteiger partial charge in [0.1, 0.15) is 0 Å². The molecule has 296 valence electrons. The second-order valence-corrected chi connectivity index (χ2v) is 18.1. The van der Waals surface area contributed by atoms with Crippen LogP contribution in [0.5, 0.6) is 0 Å². The van der Waals surface area contributed by atoms with Gasteiger partial charge >= 0.3 is 0 Å². The monoisotopic (exact) mass is 794 g/mol. The zero-order chi connectivity index (χ0) is 41.7. The van der Waals surface area contributed by atoms with Crippen molar-refractivity contribution in [2.24, 2.45) is 0 Å². The zero-order valence-corrected chi connectivity index (χ0v) is 35.5. The normalized spacial score (nSPS) is 14.1. The quantitative estimate of drug-likeness (QED) is 0.155. The zero-order valence-electron chi connectivity index (χ0n) is 35.5. The van der Waals surface area contributed by atoms with E-state index in [9.17, 15) is 0 Å². The molecule has 0 radical (unpaired) electrons. The fraction of sp³-hybridized carbons (Fsp3) is 0.100. The van der Waals surface area contributed by atoms with Crippen molar-refractivity contribution in [1.82, 2.24) is 0 Å². The third kappa shape index (κ3) is 5.36. The molecule has 62 heavy (non-hydrogen) atoms. The molecule has 0 fully saturated rings. The van der Waals surface area contributed by atoms with Crippen molar-refractivity contribution in [3.8, 4) is 22.3 Å². The fourth-order valence-electron chi connectivity index (χ4n) is 10.9. The summed E-state index contributed by atoms with van der Waals surface area (Å²) in [5, 5.41) is 7.41. The molecule has 0 saturated heterocycles. The van der Waals surface area contributed by atoms with Crippen LogP contribution in [0.15, 0.2) is 206 Å². The highest BCUT2D eigenvalue weighted by molar-refractivity contribution is 6.21. The number of nitrogens with zero attached hydrogens (tertiary/aromatic N) is 2. The Morgan fingerprint density at radius 3 is 1.39 bits per heavy atom. The number of benzene rings is 10. The summed E-state index contributed by atoms with van der Waals surface area (Å²) in [5.41, 5.74) is 17.5. The van der Waals surface area contributed by atoms with Crippen LogP contribution >= 0.6 is 0 Å². The van der Waals surface area contributed by atoms with E-state index in [4.69, 9.17) is 0 Å². The molecule has 10 aromatic rings. The van der Waals surface area contributed by atoms with Crippen molar-refractivity contribution in [2.45, 2.75) is 38.5 Å². The van der Waals surface area contributed by atoms with E-state index in [1.807, 2.05) is 0 Å². The van der Waals surface area contributed by atoms with Crippen molar-refractivity contribution in [2.75, 3.05) is 9.80 Å². The summed E-state index contributed by atoms with van der Waals surface area (Å²) in [7, 11) is 0. The lowest BCUT2D eigenvalue weighted by Gasteiger charge is -2.29. The predicted molar refractivity (Wildman–Crippen MR) is 263 cm³/mol. The van der Waals surface area contributed by atoms with Gasteiger partial charge in [0.15, 0.2) is 0 Å². The van der Waals surface area contributed by atoms with Crippen LogP contribution < -0.4 is 9.80 Å². The average Bonchev–Trinajstić information content (AvgIpc) is 3.68. The van der Waals surface area contributed by atoms with Crippen molar-refractivity contribution in [3.63, 3.8) is 0 Å². The maximum atomic E-state index is 2.46. The smallest absolute Gasteiger partial charge is 0.0546 e. The van der Waals surface area contributed by atoms with Crippen LogP contribution in [-0.2, 0) is 10.8 Å². The number of rotatable bonds is 6. The molecule has 12 rings (SSSR count). The number of hydrogen-bond donors (Lipinski definition) is 0. The molecule has 2 heteroatoms. The van der Waals surface area contributed by atoms with E-state index in [1.54, 1.807) is 0 Å². The van der Waals surface area contributed by atoms with E-state index in [0.717, 1.165) is 28.4 Å². The van der Waals surface area contributed by atoms with Gasteiger partial charge in [-0.3, -0.25) is 0 Å². The first-order chi connectivity index (χ1) is 30.3. The van der Waals surface area contributed by atoms with E-state index >= 15 is 0 Å². The summed E-state index contributed by atoms with van der Waals surface area (Å²) in [6, 6.07) is 76.6.